The van der Waals surface area contributed by atoms with Crippen LogP contribution in [-0.4, -0.2) is 53.3 Å². The molecule has 1 aromatic carbocycles. The lowest BCUT2D eigenvalue weighted by Gasteiger charge is -2.15. The van der Waals surface area contributed by atoms with Crippen LogP contribution in [0.4, 0.5) is 15.3 Å². The van der Waals surface area contributed by atoms with E-state index in [1.807, 2.05) is 31.2 Å². The van der Waals surface area contributed by atoms with Crippen LogP contribution in [0, 0.1) is 6.92 Å². The molecule has 23 heavy (non-hydrogen) atoms. The summed E-state index contributed by atoms with van der Waals surface area (Å²) in [5.74, 6) is 0. The molecular formula is C15H18N6O2. The number of fused-ring (bicyclic) bond motifs is 1. The number of rotatable bonds is 4. The van der Waals surface area contributed by atoms with E-state index in [1.165, 1.54) is 0 Å². The zero-order valence-corrected chi connectivity index (χ0v) is 12.8. The summed E-state index contributed by atoms with van der Waals surface area (Å²) < 4.78 is 0. The number of hydrogen-bond donors (Lipinski definition) is 3. The molecule has 1 saturated heterocycles. The van der Waals surface area contributed by atoms with Gasteiger partial charge in [-0.25, -0.2) is 9.59 Å². The highest BCUT2D eigenvalue weighted by molar-refractivity contribution is 6.00. The van der Waals surface area contributed by atoms with Crippen LogP contribution < -0.4 is 16.0 Å². The van der Waals surface area contributed by atoms with Crippen molar-refractivity contribution in [2.24, 2.45) is 0 Å². The van der Waals surface area contributed by atoms with Gasteiger partial charge in [0, 0.05) is 31.6 Å². The Morgan fingerprint density at radius 3 is 3.04 bits per heavy atom. The Balaban J connectivity index is 1.59. The Morgan fingerprint density at radius 1 is 1.39 bits per heavy atom. The van der Waals surface area contributed by atoms with Crippen LogP contribution in [0.1, 0.15) is 5.69 Å². The number of hydrogen-bond acceptors (Lipinski definition) is 4. The second-order valence-corrected chi connectivity index (χ2v) is 5.32. The molecule has 1 aliphatic heterocycles. The van der Waals surface area contributed by atoms with Gasteiger partial charge in [-0.05, 0) is 25.1 Å². The van der Waals surface area contributed by atoms with Gasteiger partial charge in [0.05, 0.1) is 16.9 Å². The lowest BCUT2D eigenvalue weighted by Crippen LogP contribution is -2.38. The number of nitrogens with one attached hydrogen (secondary N) is 3. The highest BCUT2D eigenvalue weighted by atomic mass is 16.2. The lowest BCUT2D eigenvalue weighted by atomic mass is 10.2. The van der Waals surface area contributed by atoms with Crippen LogP contribution in [-0.2, 0) is 0 Å². The fourth-order valence-corrected chi connectivity index (χ4v) is 2.47. The van der Waals surface area contributed by atoms with E-state index in [9.17, 15) is 9.59 Å². The van der Waals surface area contributed by atoms with Crippen LogP contribution in [0.3, 0.4) is 0 Å². The molecule has 1 fully saturated rings. The van der Waals surface area contributed by atoms with Crippen molar-refractivity contribution >= 4 is 28.7 Å². The van der Waals surface area contributed by atoms with E-state index < -0.39 is 0 Å². The van der Waals surface area contributed by atoms with Gasteiger partial charge in [0.25, 0.3) is 0 Å². The van der Waals surface area contributed by atoms with Gasteiger partial charge in [-0.15, -0.1) is 0 Å². The minimum atomic E-state index is -0.313. The standard InChI is InChI=1S/C15H18N6O2/c1-10-9-11-12(3-2-4-13(11)20-19-10)18-14(22)16-5-7-21-8-6-17-15(21)23/h2-4,9H,5-8H2,1H3,(H,17,23)(H2,16,18,22). The number of urea groups is 2. The number of carbonyl (C=O) groups is 2. The first kappa shape index (κ1) is 15.0. The molecule has 2 heterocycles. The fourth-order valence-electron chi connectivity index (χ4n) is 2.47. The van der Waals surface area contributed by atoms with E-state index in [0.717, 1.165) is 16.6 Å². The molecule has 8 heteroatoms. The second kappa shape index (κ2) is 6.47. The molecule has 1 aliphatic rings. The summed E-state index contributed by atoms with van der Waals surface area (Å²) in [6, 6.07) is 6.96. The van der Waals surface area contributed by atoms with Crippen molar-refractivity contribution in [3.63, 3.8) is 0 Å². The summed E-state index contributed by atoms with van der Waals surface area (Å²) in [6.45, 7) is 4.05. The highest BCUT2D eigenvalue weighted by Gasteiger charge is 2.18. The Hall–Kier alpha value is -2.90. The minimum absolute atomic E-state index is 0.0877. The number of amides is 4. The SMILES string of the molecule is Cc1cc2c(NC(=O)NCCN3CCNC3=O)cccc2nn1. The predicted octanol–water partition coefficient (Wildman–Crippen LogP) is 1.08. The molecule has 2 aromatic rings. The van der Waals surface area contributed by atoms with Crippen LogP contribution in [0.2, 0.25) is 0 Å². The highest BCUT2D eigenvalue weighted by Crippen LogP contribution is 2.21. The maximum atomic E-state index is 12.0. The van der Waals surface area contributed by atoms with E-state index in [1.54, 1.807) is 4.90 Å². The van der Waals surface area contributed by atoms with E-state index in [0.29, 0.717) is 31.9 Å². The molecule has 1 aromatic heterocycles. The molecule has 0 saturated carbocycles. The van der Waals surface area contributed by atoms with Crippen molar-refractivity contribution in [1.82, 2.24) is 25.7 Å². The van der Waals surface area contributed by atoms with Crippen molar-refractivity contribution in [3.8, 4) is 0 Å². The monoisotopic (exact) mass is 314 g/mol. The second-order valence-electron chi connectivity index (χ2n) is 5.32. The third-order valence-corrected chi connectivity index (χ3v) is 3.61. The van der Waals surface area contributed by atoms with E-state index in [2.05, 4.69) is 26.1 Å². The third-order valence-electron chi connectivity index (χ3n) is 3.61. The number of aryl methyl sites for hydroxylation is 1. The van der Waals surface area contributed by atoms with Gasteiger partial charge >= 0.3 is 12.1 Å². The Labute approximate surface area is 133 Å². The van der Waals surface area contributed by atoms with E-state index in [4.69, 9.17) is 0 Å². The minimum Gasteiger partial charge on any atom is -0.336 e. The maximum Gasteiger partial charge on any atom is 0.319 e. The Kier molecular flexibility index (Phi) is 4.22. The first-order valence-corrected chi connectivity index (χ1v) is 7.44. The van der Waals surface area contributed by atoms with Gasteiger partial charge in [0.15, 0.2) is 0 Å². The summed E-state index contributed by atoms with van der Waals surface area (Å²) in [5.41, 5.74) is 2.19. The van der Waals surface area contributed by atoms with Crippen LogP contribution >= 0.6 is 0 Å². The summed E-state index contributed by atoms with van der Waals surface area (Å²) in [7, 11) is 0. The molecule has 8 nitrogen and oxygen atoms in total. The van der Waals surface area contributed by atoms with Gasteiger partial charge in [-0.3, -0.25) is 0 Å². The van der Waals surface area contributed by atoms with Gasteiger partial charge in [0.1, 0.15) is 0 Å². The number of anilines is 1. The summed E-state index contributed by atoms with van der Waals surface area (Å²) in [5, 5.41) is 17.2. The number of carbonyl (C=O) groups excluding carboxylic acids is 2. The lowest BCUT2D eigenvalue weighted by molar-refractivity contribution is 0.216. The van der Waals surface area contributed by atoms with Gasteiger partial charge < -0.3 is 20.9 Å². The van der Waals surface area contributed by atoms with E-state index in [-0.39, 0.29) is 12.1 Å². The number of nitrogens with zero attached hydrogens (tertiary/aromatic N) is 3. The molecule has 0 radical (unpaired) electrons. The van der Waals surface area contributed by atoms with E-state index >= 15 is 0 Å². The van der Waals surface area contributed by atoms with Crippen LogP contribution in [0.25, 0.3) is 10.9 Å². The topological polar surface area (TPSA) is 99.2 Å². The molecule has 4 amide bonds. The summed E-state index contributed by atoms with van der Waals surface area (Å²) in [6.07, 6.45) is 0. The Morgan fingerprint density at radius 2 is 2.26 bits per heavy atom. The molecule has 3 N–H and O–H groups in total. The first-order valence-electron chi connectivity index (χ1n) is 7.44. The number of aromatic nitrogens is 2. The molecule has 0 bridgehead atoms. The average Bonchev–Trinajstić information content (AvgIpc) is 2.93. The number of benzene rings is 1. The molecular weight excluding hydrogens is 296 g/mol. The van der Waals surface area contributed by atoms with Crippen LogP contribution in [0.15, 0.2) is 24.3 Å². The molecule has 0 aliphatic carbocycles. The molecule has 0 spiro atoms. The fraction of sp³-hybridized carbons (Fsp3) is 0.333. The summed E-state index contributed by atoms with van der Waals surface area (Å²) in [4.78, 5) is 25.1. The Bertz CT molecular complexity index is 748. The van der Waals surface area contributed by atoms with Gasteiger partial charge in [-0.1, -0.05) is 6.07 Å². The largest absolute Gasteiger partial charge is 0.336 e. The van der Waals surface area contributed by atoms with Crippen molar-refractivity contribution < 1.29 is 9.59 Å². The molecule has 3 rings (SSSR count). The first-order chi connectivity index (χ1) is 11.1. The quantitative estimate of drug-likeness (QED) is 0.786. The summed E-state index contributed by atoms with van der Waals surface area (Å²) >= 11 is 0. The average molecular weight is 314 g/mol. The predicted molar refractivity (Wildman–Crippen MR) is 86.3 cm³/mol. The third kappa shape index (κ3) is 3.47. The van der Waals surface area contributed by atoms with Crippen molar-refractivity contribution in [2.75, 3.05) is 31.5 Å². The molecule has 0 atom stereocenters. The zero-order valence-electron chi connectivity index (χ0n) is 12.8. The normalized spacial score (nSPS) is 14.0. The zero-order chi connectivity index (χ0) is 16.2. The van der Waals surface area contributed by atoms with Crippen LogP contribution in [0.5, 0.6) is 0 Å². The molecule has 120 valence electrons. The van der Waals surface area contributed by atoms with Crippen molar-refractivity contribution in [1.29, 1.82) is 0 Å². The van der Waals surface area contributed by atoms with Crippen molar-refractivity contribution in [3.05, 3.63) is 30.0 Å². The molecule has 0 unspecified atom stereocenters. The van der Waals surface area contributed by atoms with Gasteiger partial charge in [-0.2, -0.15) is 10.2 Å². The maximum absolute atomic E-state index is 12.0. The smallest absolute Gasteiger partial charge is 0.319 e. The van der Waals surface area contributed by atoms with Crippen molar-refractivity contribution in [2.45, 2.75) is 6.92 Å². The van der Waals surface area contributed by atoms with Gasteiger partial charge in [0.2, 0.25) is 0 Å².